The SMILES string of the molecule is CC[Si](CC)(CC)c1cc(Br)nc([C@@](C)(C#N)O[Si](C)(C)C)c1F. The molecule has 0 unspecified atom stereocenters. The predicted octanol–water partition coefficient (Wildman–Crippen LogP) is 5.29. The molecule has 0 saturated carbocycles. The third kappa shape index (κ3) is 4.34. The van der Waals surface area contributed by atoms with Gasteiger partial charge in [-0.1, -0.05) is 38.9 Å². The van der Waals surface area contributed by atoms with Crippen LogP contribution in [0, 0.1) is 17.1 Å². The highest BCUT2D eigenvalue weighted by atomic mass is 79.9. The molecule has 1 heterocycles. The van der Waals surface area contributed by atoms with Crippen LogP contribution < -0.4 is 5.19 Å². The summed E-state index contributed by atoms with van der Waals surface area (Å²) in [6, 6.07) is 6.86. The van der Waals surface area contributed by atoms with Crippen LogP contribution in [0.25, 0.3) is 0 Å². The van der Waals surface area contributed by atoms with Crippen molar-refractivity contribution in [2.75, 3.05) is 0 Å². The van der Waals surface area contributed by atoms with E-state index in [1.54, 1.807) is 6.92 Å². The fraction of sp³-hybridized carbons (Fsp3) is 0.647. The predicted molar refractivity (Wildman–Crippen MR) is 106 cm³/mol. The van der Waals surface area contributed by atoms with E-state index >= 15 is 4.39 Å². The Labute approximate surface area is 155 Å². The molecule has 0 aliphatic heterocycles. The lowest BCUT2D eigenvalue weighted by Crippen LogP contribution is -2.49. The number of hydrogen-bond acceptors (Lipinski definition) is 3. The van der Waals surface area contributed by atoms with Gasteiger partial charge < -0.3 is 4.43 Å². The fourth-order valence-electron chi connectivity index (χ4n) is 3.26. The Balaban J connectivity index is 3.66. The molecular weight excluding hydrogens is 403 g/mol. The quantitative estimate of drug-likeness (QED) is 0.435. The number of pyridine rings is 1. The van der Waals surface area contributed by atoms with Gasteiger partial charge in [0.05, 0.1) is 8.07 Å². The molecule has 0 bridgehead atoms. The van der Waals surface area contributed by atoms with Gasteiger partial charge in [0.25, 0.3) is 0 Å². The van der Waals surface area contributed by atoms with Crippen molar-refractivity contribution in [2.24, 2.45) is 0 Å². The Morgan fingerprint density at radius 3 is 2.12 bits per heavy atom. The van der Waals surface area contributed by atoms with E-state index in [-0.39, 0.29) is 11.5 Å². The average molecular weight is 431 g/mol. The number of halogens is 2. The van der Waals surface area contributed by atoms with Crippen LogP contribution in [-0.2, 0) is 10.0 Å². The zero-order valence-electron chi connectivity index (χ0n) is 15.8. The molecule has 0 aliphatic carbocycles. The Morgan fingerprint density at radius 1 is 1.25 bits per heavy atom. The molecule has 0 fully saturated rings. The molecule has 0 saturated heterocycles. The minimum Gasteiger partial charge on any atom is -0.395 e. The van der Waals surface area contributed by atoms with Crippen LogP contribution in [0.15, 0.2) is 10.7 Å². The molecule has 3 nitrogen and oxygen atoms in total. The molecule has 1 aromatic rings. The second kappa shape index (κ2) is 7.77. The van der Waals surface area contributed by atoms with Crippen molar-refractivity contribution in [2.45, 2.75) is 71.1 Å². The van der Waals surface area contributed by atoms with E-state index in [9.17, 15) is 5.26 Å². The third-order valence-electron chi connectivity index (χ3n) is 4.70. The molecule has 1 atom stereocenters. The molecular formula is C17H28BrFN2OSi2. The molecule has 0 spiro atoms. The number of rotatable bonds is 7. The molecule has 1 rings (SSSR count). The van der Waals surface area contributed by atoms with Gasteiger partial charge in [-0.25, -0.2) is 9.37 Å². The van der Waals surface area contributed by atoms with E-state index in [1.807, 2.05) is 25.7 Å². The monoisotopic (exact) mass is 430 g/mol. The van der Waals surface area contributed by atoms with E-state index in [0.717, 1.165) is 23.3 Å². The Hall–Kier alpha value is -0.556. The molecule has 0 aromatic carbocycles. The second-order valence-corrected chi connectivity index (χ2v) is 17.8. The van der Waals surface area contributed by atoms with E-state index < -0.39 is 22.0 Å². The maximum atomic E-state index is 15.5. The molecule has 134 valence electrons. The summed E-state index contributed by atoms with van der Waals surface area (Å²) in [5.41, 5.74) is -1.26. The Bertz CT molecular complexity index is 630. The number of nitrogens with zero attached hydrogens (tertiary/aromatic N) is 2. The summed E-state index contributed by atoms with van der Waals surface area (Å²) in [5, 5.41) is 10.5. The van der Waals surface area contributed by atoms with Crippen molar-refractivity contribution in [1.82, 2.24) is 4.98 Å². The highest BCUT2D eigenvalue weighted by Crippen LogP contribution is 2.32. The van der Waals surface area contributed by atoms with Crippen LogP contribution >= 0.6 is 15.9 Å². The van der Waals surface area contributed by atoms with Gasteiger partial charge in [0, 0.05) is 0 Å². The molecule has 24 heavy (non-hydrogen) atoms. The first-order valence-corrected chi connectivity index (χ1v) is 15.3. The topological polar surface area (TPSA) is 45.9 Å². The lowest BCUT2D eigenvalue weighted by molar-refractivity contribution is 0.131. The van der Waals surface area contributed by atoms with Crippen LogP contribution in [0.4, 0.5) is 4.39 Å². The summed E-state index contributed by atoms with van der Waals surface area (Å²) < 4.78 is 22.1. The normalized spacial score (nSPS) is 15.0. The van der Waals surface area contributed by atoms with E-state index in [0.29, 0.717) is 4.60 Å². The maximum absolute atomic E-state index is 15.5. The van der Waals surface area contributed by atoms with Crippen molar-refractivity contribution < 1.29 is 8.82 Å². The van der Waals surface area contributed by atoms with E-state index in [2.05, 4.69) is 47.8 Å². The van der Waals surface area contributed by atoms with Crippen LogP contribution in [0.5, 0.6) is 0 Å². The van der Waals surface area contributed by atoms with E-state index in [4.69, 9.17) is 4.43 Å². The first-order chi connectivity index (χ1) is 11.0. The lowest BCUT2D eigenvalue weighted by atomic mass is 10.0. The molecule has 0 amide bonds. The molecule has 0 radical (unpaired) electrons. The fourth-order valence-corrected chi connectivity index (χ4v) is 8.91. The van der Waals surface area contributed by atoms with Crippen LogP contribution in [-0.4, -0.2) is 21.4 Å². The molecule has 0 N–H and O–H groups in total. The zero-order chi connectivity index (χ0) is 18.8. The van der Waals surface area contributed by atoms with Gasteiger partial charge in [-0.15, -0.1) is 0 Å². The van der Waals surface area contributed by atoms with Gasteiger partial charge in [-0.3, -0.25) is 0 Å². The largest absolute Gasteiger partial charge is 0.395 e. The summed E-state index contributed by atoms with van der Waals surface area (Å²) in [6.07, 6.45) is 0. The summed E-state index contributed by atoms with van der Waals surface area (Å²) in [6.45, 7) is 14.0. The number of nitriles is 1. The summed E-state index contributed by atoms with van der Waals surface area (Å²) in [7, 11) is -4.01. The summed E-state index contributed by atoms with van der Waals surface area (Å²) >= 11 is 3.42. The average Bonchev–Trinajstić information content (AvgIpc) is 2.50. The van der Waals surface area contributed by atoms with Gasteiger partial charge in [0.2, 0.25) is 0 Å². The summed E-state index contributed by atoms with van der Waals surface area (Å²) in [4.78, 5) is 4.32. The van der Waals surface area contributed by atoms with Crippen molar-refractivity contribution >= 4 is 37.5 Å². The molecule has 7 heteroatoms. The minimum atomic E-state index is -2.06. The van der Waals surface area contributed by atoms with Crippen LogP contribution in [0.2, 0.25) is 37.8 Å². The van der Waals surface area contributed by atoms with Crippen molar-refractivity contribution in [3.8, 4) is 6.07 Å². The third-order valence-corrected chi connectivity index (χ3v) is 11.7. The summed E-state index contributed by atoms with van der Waals surface area (Å²) in [5.74, 6) is -0.349. The molecule has 0 aliphatic rings. The van der Waals surface area contributed by atoms with Gasteiger partial charge in [0.15, 0.2) is 13.9 Å². The smallest absolute Gasteiger partial charge is 0.187 e. The van der Waals surface area contributed by atoms with Crippen LogP contribution in [0.1, 0.15) is 33.4 Å². The van der Waals surface area contributed by atoms with Gasteiger partial charge in [-0.05, 0) is 53.7 Å². The van der Waals surface area contributed by atoms with E-state index in [1.165, 1.54) is 0 Å². The standard InChI is InChI=1S/C17H28BrFN2OSi2/c1-8-24(9-2,10-3)13-11-14(18)21-16(15(13)19)17(4,12-20)22-23(5,6)7/h11H,8-10H2,1-7H3/t17-/m1/s1. The first-order valence-electron chi connectivity index (χ1n) is 8.47. The van der Waals surface area contributed by atoms with Gasteiger partial charge in [-0.2, -0.15) is 5.26 Å². The first kappa shape index (κ1) is 21.5. The highest BCUT2D eigenvalue weighted by Gasteiger charge is 2.41. The number of aromatic nitrogens is 1. The van der Waals surface area contributed by atoms with Crippen molar-refractivity contribution in [1.29, 1.82) is 5.26 Å². The number of hydrogen-bond donors (Lipinski definition) is 0. The maximum Gasteiger partial charge on any atom is 0.187 e. The zero-order valence-corrected chi connectivity index (χ0v) is 19.3. The molecule has 1 aromatic heterocycles. The Kier molecular flexibility index (Phi) is 6.96. The van der Waals surface area contributed by atoms with Crippen molar-refractivity contribution in [3.05, 3.63) is 22.2 Å². The van der Waals surface area contributed by atoms with Crippen LogP contribution in [0.3, 0.4) is 0 Å². The second-order valence-electron chi connectivity index (χ2n) is 7.36. The minimum absolute atomic E-state index is 0.115. The van der Waals surface area contributed by atoms with Crippen molar-refractivity contribution in [3.63, 3.8) is 0 Å². The lowest BCUT2D eigenvalue weighted by Gasteiger charge is -2.33. The Morgan fingerprint density at radius 2 is 1.75 bits per heavy atom. The van der Waals surface area contributed by atoms with Gasteiger partial charge in [0.1, 0.15) is 22.2 Å². The van der Waals surface area contributed by atoms with Gasteiger partial charge >= 0.3 is 0 Å². The highest BCUT2D eigenvalue weighted by molar-refractivity contribution is 9.10.